The number of hydrogen-bond donors (Lipinski definition) is 0. The summed E-state index contributed by atoms with van der Waals surface area (Å²) in [6.45, 7) is 4.36. The van der Waals surface area contributed by atoms with Crippen molar-refractivity contribution in [1.82, 2.24) is 4.57 Å². The minimum Gasteiger partial charge on any atom is -0.458 e. The third-order valence-corrected chi connectivity index (χ3v) is 2.80. The number of cyclic esters (lactones) is 1. The fraction of sp³-hybridized carbons (Fsp3) is 0.500. The second-order valence-corrected chi connectivity index (χ2v) is 4.49. The Hall–Kier alpha value is -1.58. The summed E-state index contributed by atoms with van der Waals surface area (Å²) in [5.41, 5.74) is 1.45. The first kappa shape index (κ1) is 10.9. The second-order valence-electron chi connectivity index (χ2n) is 4.49. The van der Waals surface area contributed by atoms with Crippen molar-refractivity contribution in [2.75, 3.05) is 0 Å². The molecule has 0 spiro atoms. The molecule has 2 heterocycles. The SMILES string of the molecule is CC(C)CC1C(=O)OCc2ccc(C=O)n21. The van der Waals surface area contributed by atoms with Gasteiger partial charge in [-0.15, -0.1) is 0 Å². The lowest BCUT2D eigenvalue weighted by Gasteiger charge is -2.27. The Labute approximate surface area is 94.2 Å². The van der Waals surface area contributed by atoms with Gasteiger partial charge in [-0.2, -0.15) is 0 Å². The Kier molecular flexibility index (Phi) is 2.81. The lowest BCUT2D eigenvalue weighted by Crippen LogP contribution is -2.30. The van der Waals surface area contributed by atoms with Crippen LogP contribution >= 0.6 is 0 Å². The molecule has 0 saturated heterocycles. The molecule has 0 saturated carbocycles. The van der Waals surface area contributed by atoms with Crippen LogP contribution in [0.3, 0.4) is 0 Å². The monoisotopic (exact) mass is 221 g/mol. The highest BCUT2D eigenvalue weighted by atomic mass is 16.5. The minimum atomic E-state index is -0.348. The molecule has 86 valence electrons. The highest BCUT2D eigenvalue weighted by molar-refractivity contribution is 5.79. The number of nitrogens with zero attached hydrogens (tertiary/aromatic N) is 1. The molecule has 1 aromatic rings. The predicted octanol–water partition coefficient (Wildman–Crippen LogP) is 1.94. The molecule has 0 aromatic carbocycles. The fourth-order valence-electron chi connectivity index (χ4n) is 2.10. The van der Waals surface area contributed by atoms with E-state index in [9.17, 15) is 9.59 Å². The van der Waals surface area contributed by atoms with E-state index in [1.807, 2.05) is 19.9 Å². The van der Waals surface area contributed by atoms with Crippen LogP contribution in [0.25, 0.3) is 0 Å². The summed E-state index contributed by atoms with van der Waals surface area (Å²) < 4.78 is 6.90. The number of ether oxygens (including phenoxy) is 1. The van der Waals surface area contributed by atoms with Gasteiger partial charge < -0.3 is 9.30 Å². The molecule has 1 unspecified atom stereocenters. The van der Waals surface area contributed by atoms with Gasteiger partial charge in [-0.1, -0.05) is 13.8 Å². The van der Waals surface area contributed by atoms with Crippen LogP contribution in [-0.2, 0) is 16.1 Å². The maximum atomic E-state index is 11.7. The Morgan fingerprint density at radius 1 is 1.56 bits per heavy atom. The summed E-state index contributed by atoms with van der Waals surface area (Å²) in [7, 11) is 0. The molecule has 0 aliphatic carbocycles. The topological polar surface area (TPSA) is 48.3 Å². The molecule has 0 amide bonds. The van der Waals surface area contributed by atoms with Crippen LogP contribution in [-0.4, -0.2) is 16.8 Å². The molecule has 16 heavy (non-hydrogen) atoms. The van der Waals surface area contributed by atoms with Gasteiger partial charge in [-0.05, 0) is 24.5 Å². The maximum Gasteiger partial charge on any atom is 0.329 e. The molecule has 4 heteroatoms. The van der Waals surface area contributed by atoms with Crippen molar-refractivity contribution >= 4 is 12.3 Å². The Morgan fingerprint density at radius 2 is 2.31 bits per heavy atom. The fourth-order valence-corrected chi connectivity index (χ4v) is 2.10. The molecule has 1 aliphatic rings. The number of carbonyl (C=O) groups excluding carboxylic acids is 2. The van der Waals surface area contributed by atoms with Crippen molar-refractivity contribution in [1.29, 1.82) is 0 Å². The summed E-state index contributed by atoms with van der Waals surface area (Å²) in [5, 5.41) is 0. The summed E-state index contributed by atoms with van der Waals surface area (Å²) >= 11 is 0. The molecule has 0 bridgehead atoms. The smallest absolute Gasteiger partial charge is 0.329 e. The normalized spacial score (nSPS) is 19.4. The summed E-state index contributed by atoms with van der Waals surface area (Å²) in [5.74, 6) is 0.144. The third-order valence-electron chi connectivity index (χ3n) is 2.80. The first-order chi connectivity index (χ1) is 7.63. The number of esters is 1. The summed E-state index contributed by atoms with van der Waals surface area (Å²) in [6.07, 6.45) is 1.48. The number of carbonyl (C=O) groups is 2. The highest BCUT2D eigenvalue weighted by Crippen LogP contribution is 2.28. The first-order valence-corrected chi connectivity index (χ1v) is 5.45. The van der Waals surface area contributed by atoms with Gasteiger partial charge in [0.25, 0.3) is 0 Å². The van der Waals surface area contributed by atoms with E-state index in [4.69, 9.17) is 4.74 Å². The molecular formula is C12H15NO3. The lowest BCUT2D eigenvalue weighted by atomic mass is 10.0. The number of hydrogen-bond acceptors (Lipinski definition) is 3. The summed E-state index contributed by atoms with van der Waals surface area (Å²) in [6, 6.07) is 3.22. The van der Waals surface area contributed by atoms with Crippen molar-refractivity contribution < 1.29 is 14.3 Å². The summed E-state index contributed by atoms with van der Waals surface area (Å²) in [4.78, 5) is 22.6. The maximum absolute atomic E-state index is 11.7. The second kappa shape index (κ2) is 4.12. The van der Waals surface area contributed by atoms with Crippen LogP contribution in [0.5, 0.6) is 0 Å². The van der Waals surface area contributed by atoms with E-state index in [2.05, 4.69) is 0 Å². The first-order valence-electron chi connectivity index (χ1n) is 5.45. The van der Waals surface area contributed by atoms with Gasteiger partial charge in [0.1, 0.15) is 12.6 Å². The molecule has 1 aromatic heterocycles. The highest BCUT2D eigenvalue weighted by Gasteiger charge is 2.30. The van der Waals surface area contributed by atoms with Gasteiger partial charge in [-0.3, -0.25) is 4.79 Å². The van der Waals surface area contributed by atoms with Gasteiger partial charge >= 0.3 is 5.97 Å². The molecule has 1 aliphatic heterocycles. The average molecular weight is 221 g/mol. The van der Waals surface area contributed by atoms with Gasteiger partial charge in [0.15, 0.2) is 6.29 Å². The largest absolute Gasteiger partial charge is 0.458 e. The predicted molar refractivity (Wildman–Crippen MR) is 58.1 cm³/mol. The molecular weight excluding hydrogens is 206 g/mol. The van der Waals surface area contributed by atoms with E-state index in [-0.39, 0.29) is 18.6 Å². The van der Waals surface area contributed by atoms with Crippen LogP contribution in [0.4, 0.5) is 0 Å². The van der Waals surface area contributed by atoms with Gasteiger partial charge in [0.05, 0.1) is 11.4 Å². The Bertz CT molecular complexity index is 420. The number of rotatable bonds is 3. The van der Waals surface area contributed by atoms with Crippen LogP contribution < -0.4 is 0 Å². The van der Waals surface area contributed by atoms with Crippen LogP contribution in [0, 0.1) is 5.92 Å². The standard InChI is InChI=1S/C12H15NO3/c1-8(2)5-11-12(15)16-7-10-4-3-9(6-14)13(10)11/h3-4,6,8,11H,5,7H2,1-2H3. The zero-order chi connectivity index (χ0) is 11.7. The molecule has 1 atom stereocenters. The van der Waals surface area contributed by atoms with Crippen LogP contribution in [0.15, 0.2) is 12.1 Å². The third kappa shape index (κ3) is 1.75. The van der Waals surface area contributed by atoms with Crippen molar-refractivity contribution in [3.05, 3.63) is 23.5 Å². The zero-order valence-electron chi connectivity index (χ0n) is 9.47. The Morgan fingerprint density at radius 3 is 2.94 bits per heavy atom. The van der Waals surface area contributed by atoms with E-state index < -0.39 is 0 Å². The number of aldehydes is 1. The van der Waals surface area contributed by atoms with Gasteiger partial charge in [0.2, 0.25) is 0 Å². The van der Waals surface area contributed by atoms with Crippen molar-refractivity contribution in [2.24, 2.45) is 5.92 Å². The van der Waals surface area contributed by atoms with E-state index in [0.29, 0.717) is 18.0 Å². The molecule has 0 fully saturated rings. The van der Waals surface area contributed by atoms with Crippen molar-refractivity contribution in [2.45, 2.75) is 32.9 Å². The van der Waals surface area contributed by atoms with E-state index in [0.717, 1.165) is 12.0 Å². The van der Waals surface area contributed by atoms with Crippen molar-refractivity contribution in [3.63, 3.8) is 0 Å². The van der Waals surface area contributed by atoms with E-state index in [1.165, 1.54) is 0 Å². The molecule has 0 radical (unpaired) electrons. The number of fused-ring (bicyclic) bond motifs is 1. The van der Waals surface area contributed by atoms with Gasteiger partial charge in [0, 0.05) is 0 Å². The van der Waals surface area contributed by atoms with Crippen LogP contribution in [0.2, 0.25) is 0 Å². The molecule has 2 rings (SSSR count). The van der Waals surface area contributed by atoms with Crippen LogP contribution in [0.1, 0.15) is 42.5 Å². The quantitative estimate of drug-likeness (QED) is 0.579. The minimum absolute atomic E-state index is 0.236. The molecule has 0 N–H and O–H groups in total. The molecule has 4 nitrogen and oxygen atoms in total. The average Bonchev–Trinajstić information content (AvgIpc) is 2.65. The lowest BCUT2D eigenvalue weighted by molar-refractivity contribution is -0.152. The van der Waals surface area contributed by atoms with Gasteiger partial charge in [-0.25, -0.2) is 4.79 Å². The van der Waals surface area contributed by atoms with E-state index in [1.54, 1.807) is 10.6 Å². The van der Waals surface area contributed by atoms with Crippen molar-refractivity contribution in [3.8, 4) is 0 Å². The Balaban J connectivity index is 2.41. The number of aromatic nitrogens is 1. The van der Waals surface area contributed by atoms with E-state index >= 15 is 0 Å². The zero-order valence-corrected chi connectivity index (χ0v) is 9.47.